The van der Waals surface area contributed by atoms with Gasteiger partial charge in [0.15, 0.2) is 0 Å². The quantitative estimate of drug-likeness (QED) is 0.683. The van der Waals surface area contributed by atoms with E-state index in [9.17, 15) is 9.90 Å². The van der Waals surface area contributed by atoms with Gasteiger partial charge in [-0.2, -0.15) is 0 Å². The lowest BCUT2D eigenvalue weighted by Crippen LogP contribution is -2.53. The Labute approximate surface area is 105 Å². The van der Waals surface area contributed by atoms with Crippen LogP contribution in [0.25, 0.3) is 0 Å². The Hall–Kier alpha value is -0.610. The third-order valence-electron chi connectivity index (χ3n) is 2.75. The van der Waals surface area contributed by atoms with Crippen LogP contribution in [0, 0.1) is 5.92 Å². The number of carboxylic acids is 1. The number of rotatable bonds is 8. The van der Waals surface area contributed by atoms with Crippen LogP contribution in [0.5, 0.6) is 0 Å². The molecule has 0 radical (unpaired) electrons. The lowest BCUT2D eigenvalue weighted by Gasteiger charge is -2.31. The second kappa shape index (κ2) is 6.97. The Bertz CT molecular complexity index is 242. The van der Waals surface area contributed by atoms with Gasteiger partial charge in [-0.3, -0.25) is 10.1 Å². The van der Waals surface area contributed by atoms with Gasteiger partial charge in [-0.1, -0.05) is 13.8 Å². The Morgan fingerprint density at radius 1 is 1.35 bits per heavy atom. The average Bonchev–Trinajstić information content (AvgIpc) is 2.12. The first-order valence-electron chi connectivity index (χ1n) is 6.37. The molecule has 17 heavy (non-hydrogen) atoms. The number of hydrogen-bond acceptors (Lipinski definition) is 3. The summed E-state index contributed by atoms with van der Waals surface area (Å²) in [5, 5.41) is 12.4. The normalized spacial score (nSPS) is 15.6. The summed E-state index contributed by atoms with van der Waals surface area (Å²) in [7, 11) is 2.04. The van der Waals surface area contributed by atoms with E-state index in [1.807, 2.05) is 20.9 Å². The van der Waals surface area contributed by atoms with Crippen LogP contribution in [0.4, 0.5) is 0 Å². The minimum Gasteiger partial charge on any atom is -0.480 e. The van der Waals surface area contributed by atoms with Crippen molar-refractivity contribution in [3.63, 3.8) is 0 Å². The van der Waals surface area contributed by atoms with Crippen LogP contribution < -0.4 is 5.32 Å². The molecule has 0 rings (SSSR count). The van der Waals surface area contributed by atoms with Crippen molar-refractivity contribution in [1.82, 2.24) is 10.2 Å². The molecule has 4 nitrogen and oxygen atoms in total. The highest BCUT2D eigenvalue weighted by atomic mass is 16.4. The molecule has 0 aromatic carbocycles. The third-order valence-corrected chi connectivity index (χ3v) is 2.75. The van der Waals surface area contributed by atoms with E-state index < -0.39 is 11.5 Å². The summed E-state index contributed by atoms with van der Waals surface area (Å²) in [5.41, 5.74) is -0.834. The van der Waals surface area contributed by atoms with Gasteiger partial charge in [-0.05, 0) is 40.2 Å². The van der Waals surface area contributed by atoms with Crippen LogP contribution in [-0.2, 0) is 4.79 Å². The molecule has 1 unspecified atom stereocenters. The first-order chi connectivity index (χ1) is 7.67. The van der Waals surface area contributed by atoms with Gasteiger partial charge in [0, 0.05) is 19.1 Å². The molecule has 4 heteroatoms. The number of nitrogens with one attached hydrogen (secondary N) is 1. The fraction of sp³-hybridized carbons (Fsp3) is 0.923. The zero-order valence-electron chi connectivity index (χ0n) is 12.1. The highest BCUT2D eigenvalue weighted by molar-refractivity contribution is 5.78. The minimum absolute atomic E-state index is 0.173. The van der Waals surface area contributed by atoms with Crippen molar-refractivity contribution in [1.29, 1.82) is 0 Å². The fourth-order valence-corrected chi connectivity index (χ4v) is 2.01. The molecule has 0 spiro atoms. The maximum absolute atomic E-state index is 11.3. The molecule has 0 bridgehead atoms. The zero-order chi connectivity index (χ0) is 13.6. The van der Waals surface area contributed by atoms with Crippen molar-refractivity contribution in [3.05, 3.63) is 0 Å². The SMILES string of the molecule is CC(C)CN(C)CCC(C)(NC(C)C)C(=O)O. The molecule has 0 fully saturated rings. The molecular weight excluding hydrogens is 216 g/mol. The highest BCUT2D eigenvalue weighted by Crippen LogP contribution is 2.12. The van der Waals surface area contributed by atoms with Crippen molar-refractivity contribution in [3.8, 4) is 0 Å². The van der Waals surface area contributed by atoms with E-state index in [0.717, 1.165) is 13.1 Å². The van der Waals surface area contributed by atoms with Crippen LogP contribution in [-0.4, -0.2) is 47.7 Å². The molecule has 0 amide bonds. The summed E-state index contributed by atoms with van der Waals surface area (Å²) >= 11 is 0. The Balaban J connectivity index is 4.31. The van der Waals surface area contributed by atoms with Crippen molar-refractivity contribution in [2.45, 2.75) is 52.6 Å². The van der Waals surface area contributed by atoms with Gasteiger partial charge in [0.25, 0.3) is 0 Å². The molecular formula is C13H28N2O2. The molecule has 0 aromatic rings. The second-order valence-corrected chi connectivity index (χ2v) is 5.84. The Morgan fingerprint density at radius 3 is 2.24 bits per heavy atom. The number of carbonyl (C=O) groups is 1. The van der Waals surface area contributed by atoms with Gasteiger partial charge in [0.2, 0.25) is 0 Å². The van der Waals surface area contributed by atoms with Gasteiger partial charge in [0.1, 0.15) is 5.54 Å². The van der Waals surface area contributed by atoms with Crippen LogP contribution in [0.3, 0.4) is 0 Å². The Kier molecular flexibility index (Phi) is 6.72. The van der Waals surface area contributed by atoms with Crippen molar-refractivity contribution in [2.24, 2.45) is 5.92 Å². The second-order valence-electron chi connectivity index (χ2n) is 5.84. The average molecular weight is 244 g/mol. The maximum atomic E-state index is 11.3. The van der Waals surface area contributed by atoms with Gasteiger partial charge < -0.3 is 10.0 Å². The van der Waals surface area contributed by atoms with Gasteiger partial charge in [0.05, 0.1) is 0 Å². The van der Waals surface area contributed by atoms with E-state index >= 15 is 0 Å². The predicted octanol–water partition coefficient (Wildman–Crippen LogP) is 1.81. The summed E-state index contributed by atoms with van der Waals surface area (Å²) in [6.45, 7) is 11.8. The molecule has 0 aliphatic rings. The molecule has 0 aliphatic carbocycles. The predicted molar refractivity (Wildman–Crippen MR) is 71.3 cm³/mol. The zero-order valence-corrected chi connectivity index (χ0v) is 12.1. The number of hydrogen-bond donors (Lipinski definition) is 2. The van der Waals surface area contributed by atoms with Crippen LogP contribution in [0.1, 0.15) is 41.0 Å². The highest BCUT2D eigenvalue weighted by Gasteiger charge is 2.33. The first-order valence-corrected chi connectivity index (χ1v) is 6.37. The summed E-state index contributed by atoms with van der Waals surface area (Å²) in [4.78, 5) is 13.5. The van der Waals surface area contributed by atoms with Crippen molar-refractivity contribution in [2.75, 3.05) is 20.1 Å². The molecule has 0 heterocycles. The molecule has 1 atom stereocenters. The van der Waals surface area contributed by atoms with E-state index in [4.69, 9.17) is 0 Å². The summed E-state index contributed by atoms with van der Waals surface area (Å²) < 4.78 is 0. The molecule has 102 valence electrons. The van der Waals surface area contributed by atoms with E-state index in [1.165, 1.54) is 0 Å². The van der Waals surface area contributed by atoms with E-state index in [-0.39, 0.29) is 6.04 Å². The van der Waals surface area contributed by atoms with Gasteiger partial charge in [-0.25, -0.2) is 0 Å². The smallest absolute Gasteiger partial charge is 0.323 e. The largest absolute Gasteiger partial charge is 0.480 e. The van der Waals surface area contributed by atoms with Crippen LogP contribution in [0.15, 0.2) is 0 Å². The molecule has 0 saturated heterocycles. The summed E-state index contributed by atoms with van der Waals surface area (Å²) in [6.07, 6.45) is 0.615. The fourth-order valence-electron chi connectivity index (χ4n) is 2.01. The minimum atomic E-state index is -0.834. The number of nitrogens with zero attached hydrogens (tertiary/aromatic N) is 1. The molecule has 2 N–H and O–H groups in total. The molecule has 0 saturated carbocycles. The topological polar surface area (TPSA) is 52.6 Å². The lowest BCUT2D eigenvalue weighted by atomic mass is 9.96. The van der Waals surface area contributed by atoms with Gasteiger partial charge in [-0.15, -0.1) is 0 Å². The van der Waals surface area contributed by atoms with Crippen LogP contribution >= 0.6 is 0 Å². The standard InChI is InChI=1S/C13H28N2O2/c1-10(2)9-15(6)8-7-13(5,12(16)17)14-11(3)4/h10-11,14H,7-9H2,1-6H3,(H,16,17). The summed E-state index contributed by atoms with van der Waals surface area (Å²) in [6, 6.07) is 0.173. The maximum Gasteiger partial charge on any atom is 0.323 e. The number of carboxylic acid groups (broad SMARTS) is 1. The van der Waals surface area contributed by atoms with Crippen molar-refractivity contribution >= 4 is 5.97 Å². The Morgan fingerprint density at radius 2 is 1.88 bits per heavy atom. The number of aliphatic carboxylic acids is 1. The van der Waals surface area contributed by atoms with E-state index in [1.54, 1.807) is 6.92 Å². The lowest BCUT2D eigenvalue weighted by molar-refractivity contribution is -0.144. The third kappa shape index (κ3) is 6.64. The molecule has 0 aliphatic heterocycles. The molecule has 0 aromatic heterocycles. The summed E-state index contributed by atoms with van der Waals surface area (Å²) in [5.74, 6) is -0.168. The van der Waals surface area contributed by atoms with Crippen molar-refractivity contribution < 1.29 is 9.90 Å². The monoisotopic (exact) mass is 244 g/mol. The first kappa shape index (κ1) is 16.4. The van der Waals surface area contributed by atoms with E-state index in [0.29, 0.717) is 12.3 Å². The van der Waals surface area contributed by atoms with E-state index in [2.05, 4.69) is 24.1 Å². The van der Waals surface area contributed by atoms with Crippen LogP contribution in [0.2, 0.25) is 0 Å². The van der Waals surface area contributed by atoms with Gasteiger partial charge >= 0.3 is 5.97 Å².